The second kappa shape index (κ2) is 14.9. The number of amides is 1. The molecule has 28 heavy (non-hydrogen) atoms. The standard InChI is InChI=1S/C22H41NO5/c1-5-18(4)22(25)20-8-6-19(7-9-20)16-23-21(24)10-11-26-12-13-27-14-15-28-17(2)3/h17-20H,5-16H2,1-4H3,(H,23,24). The Kier molecular flexibility index (Phi) is 13.4. The number of rotatable bonds is 15. The van der Waals surface area contributed by atoms with Crippen molar-refractivity contribution in [3.63, 3.8) is 0 Å². The van der Waals surface area contributed by atoms with E-state index in [0.29, 0.717) is 57.7 Å². The molecule has 0 bridgehead atoms. The molecule has 0 radical (unpaired) electrons. The van der Waals surface area contributed by atoms with Gasteiger partial charge in [0.2, 0.25) is 5.91 Å². The number of ether oxygens (including phenoxy) is 3. The summed E-state index contributed by atoms with van der Waals surface area (Å²) < 4.78 is 16.2. The van der Waals surface area contributed by atoms with Crippen molar-refractivity contribution in [1.82, 2.24) is 5.32 Å². The monoisotopic (exact) mass is 399 g/mol. The molecule has 0 saturated heterocycles. The molecule has 0 heterocycles. The zero-order valence-electron chi connectivity index (χ0n) is 18.3. The van der Waals surface area contributed by atoms with Gasteiger partial charge in [-0.1, -0.05) is 13.8 Å². The fourth-order valence-corrected chi connectivity index (χ4v) is 3.43. The van der Waals surface area contributed by atoms with Crippen LogP contribution >= 0.6 is 0 Å². The zero-order valence-corrected chi connectivity index (χ0v) is 18.3. The average molecular weight is 400 g/mol. The summed E-state index contributed by atoms with van der Waals surface area (Å²) in [7, 11) is 0. The zero-order chi connectivity index (χ0) is 20.8. The Labute approximate surface area is 171 Å². The summed E-state index contributed by atoms with van der Waals surface area (Å²) >= 11 is 0. The molecule has 0 spiro atoms. The molecule has 0 aromatic rings. The Morgan fingerprint density at radius 2 is 1.54 bits per heavy atom. The van der Waals surface area contributed by atoms with Gasteiger partial charge in [0.25, 0.3) is 0 Å². The molecule has 1 amide bonds. The molecule has 1 saturated carbocycles. The number of ketones is 1. The second-order valence-corrected chi connectivity index (χ2v) is 8.13. The summed E-state index contributed by atoms with van der Waals surface area (Å²) in [6.45, 7) is 11.4. The van der Waals surface area contributed by atoms with Crippen molar-refractivity contribution in [1.29, 1.82) is 0 Å². The third-order valence-electron chi connectivity index (χ3n) is 5.46. The van der Waals surface area contributed by atoms with Crippen molar-refractivity contribution in [2.75, 3.05) is 39.6 Å². The van der Waals surface area contributed by atoms with Crippen molar-refractivity contribution in [2.24, 2.45) is 17.8 Å². The molecule has 0 aliphatic heterocycles. The minimum Gasteiger partial charge on any atom is -0.379 e. The smallest absolute Gasteiger partial charge is 0.222 e. The lowest BCUT2D eigenvalue weighted by molar-refractivity contribution is -0.128. The van der Waals surface area contributed by atoms with Gasteiger partial charge < -0.3 is 19.5 Å². The van der Waals surface area contributed by atoms with Crippen LogP contribution in [0.2, 0.25) is 0 Å². The van der Waals surface area contributed by atoms with E-state index in [1.807, 2.05) is 20.8 Å². The van der Waals surface area contributed by atoms with Gasteiger partial charge in [-0.05, 0) is 51.9 Å². The van der Waals surface area contributed by atoms with Crippen LogP contribution in [0.15, 0.2) is 0 Å². The van der Waals surface area contributed by atoms with Gasteiger partial charge in [-0.15, -0.1) is 0 Å². The largest absolute Gasteiger partial charge is 0.379 e. The second-order valence-electron chi connectivity index (χ2n) is 8.13. The maximum absolute atomic E-state index is 12.3. The fraction of sp³-hybridized carbons (Fsp3) is 0.909. The molecule has 1 unspecified atom stereocenters. The summed E-state index contributed by atoms with van der Waals surface area (Å²) in [5.41, 5.74) is 0. The first-order valence-corrected chi connectivity index (χ1v) is 11.0. The van der Waals surface area contributed by atoms with Crippen molar-refractivity contribution < 1.29 is 23.8 Å². The van der Waals surface area contributed by atoms with Crippen molar-refractivity contribution >= 4 is 11.7 Å². The summed E-state index contributed by atoms with van der Waals surface area (Å²) in [5.74, 6) is 1.37. The van der Waals surface area contributed by atoms with E-state index >= 15 is 0 Å². The molecule has 6 heteroatoms. The van der Waals surface area contributed by atoms with E-state index in [9.17, 15) is 9.59 Å². The molecule has 1 N–H and O–H groups in total. The first-order valence-electron chi connectivity index (χ1n) is 11.0. The van der Waals surface area contributed by atoms with Crippen molar-refractivity contribution in [2.45, 2.75) is 72.3 Å². The van der Waals surface area contributed by atoms with Crippen LogP contribution < -0.4 is 5.32 Å². The molecule has 6 nitrogen and oxygen atoms in total. The lowest BCUT2D eigenvalue weighted by Gasteiger charge is -2.29. The van der Waals surface area contributed by atoms with Crippen LogP contribution in [0, 0.1) is 17.8 Å². The Morgan fingerprint density at radius 1 is 0.929 bits per heavy atom. The third kappa shape index (κ3) is 11.1. The van der Waals surface area contributed by atoms with Gasteiger partial charge in [-0.3, -0.25) is 9.59 Å². The van der Waals surface area contributed by atoms with Gasteiger partial charge >= 0.3 is 0 Å². The van der Waals surface area contributed by atoms with Gasteiger partial charge in [0.1, 0.15) is 5.78 Å². The number of hydrogen-bond acceptors (Lipinski definition) is 5. The number of carbonyl (C=O) groups excluding carboxylic acids is 2. The third-order valence-corrected chi connectivity index (χ3v) is 5.46. The van der Waals surface area contributed by atoms with Crippen LogP contribution in [-0.2, 0) is 23.8 Å². The summed E-state index contributed by atoms with van der Waals surface area (Å²) in [4.78, 5) is 24.2. The van der Waals surface area contributed by atoms with E-state index < -0.39 is 0 Å². The lowest BCUT2D eigenvalue weighted by Crippen LogP contribution is -2.33. The normalized spacial score (nSPS) is 20.9. The quantitative estimate of drug-likeness (QED) is 0.427. The van der Waals surface area contributed by atoms with Gasteiger partial charge in [0, 0.05) is 24.8 Å². The van der Waals surface area contributed by atoms with Crippen LogP contribution in [0.3, 0.4) is 0 Å². The molecule has 1 rings (SSSR count). The van der Waals surface area contributed by atoms with E-state index in [1.165, 1.54) is 0 Å². The molecule has 0 aromatic carbocycles. The number of carbonyl (C=O) groups is 2. The minimum atomic E-state index is 0.0315. The molecular formula is C22H41NO5. The first-order chi connectivity index (χ1) is 13.4. The maximum atomic E-state index is 12.3. The Balaban J connectivity index is 1.98. The van der Waals surface area contributed by atoms with Gasteiger partial charge in [-0.2, -0.15) is 0 Å². The highest BCUT2D eigenvalue weighted by atomic mass is 16.5. The highest BCUT2D eigenvalue weighted by molar-refractivity contribution is 5.83. The van der Waals surface area contributed by atoms with Gasteiger partial charge in [-0.25, -0.2) is 0 Å². The summed E-state index contributed by atoms with van der Waals surface area (Å²) in [6, 6.07) is 0. The van der Waals surface area contributed by atoms with Crippen LogP contribution in [-0.4, -0.2) is 57.4 Å². The summed E-state index contributed by atoms with van der Waals surface area (Å²) in [6.07, 6.45) is 5.52. The summed E-state index contributed by atoms with van der Waals surface area (Å²) in [5, 5.41) is 3.01. The van der Waals surface area contributed by atoms with Crippen LogP contribution in [0.5, 0.6) is 0 Å². The van der Waals surface area contributed by atoms with Crippen molar-refractivity contribution in [3.05, 3.63) is 0 Å². The molecule has 1 fully saturated rings. The van der Waals surface area contributed by atoms with E-state index in [2.05, 4.69) is 12.2 Å². The highest BCUT2D eigenvalue weighted by Gasteiger charge is 2.28. The predicted octanol–water partition coefficient (Wildman–Crippen LogP) is 3.37. The van der Waals surface area contributed by atoms with Crippen molar-refractivity contribution in [3.8, 4) is 0 Å². The minimum absolute atomic E-state index is 0.0315. The number of hydrogen-bond donors (Lipinski definition) is 1. The predicted molar refractivity (Wildman–Crippen MR) is 110 cm³/mol. The Bertz CT molecular complexity index is 433. The number of nitrogens with one attached hydrogen (secondary N) is 1. The molecule has 1 aliphatic carbocycles. The topological polar surface area (TPSA) is 73.9 Å². The first kappa shape index (κ1) is 25.1. The van der Waals surface area contributed by atoms with Crippen LogP contribution in [0.25, 0.3) is 0 Å². The van der Waals surface area contributed by atoms with Gasteiger partial charge in [0.05, 0.1) is 39.1 Å². The Hall–Kier alpha value is -0.980. The molecule has 164 valence electrons. The fourth-order valence-electron chi connectivity index (χ4n) is 3.43. The van der Waals surface area contributed by atoms with E-state index in [1.54, 1.807) is 0 Å². The van der Waals surface area contributed by atoms with E-state index in [0.717, 1.165) is 32.1 Å². The van der Waals surface area contributed by atoms with Crippen LogP contribution in [0.4, 0.5) is 0 Å². The maximum Gasteiger partial charge on any atom is 0.222 e. The van der Waals surface area contributed by atoms with Gasteiger partial charge in [0.15, 0.2) is 0 Å². The average Bonchev–Trinajstić information content (AvgIpc) is 2.70. The molecule has 1 aliphatic rings. The van der Waals surface area contributed by atoms with E-state index in [-0.39, 0.29) is 23.8 Å². The lowest BCUT2D eigenvalue weighted by atomic mass is 9.77. The molecule has 0 aromatic heterocycles. The molecule has 1 atom stereocenters. The Morgan fingerprint density at radius 3 is 2.14 bits per heavy atom. The SMILES string of the molecule is CCC(C)C(=O)C1CCC(CNC(=O)CCOCCOCCOC(C)C)CC1. The molecular weight excluding hydrogens is 358 g/mol. The van der Waals surface area contributed by atoms with E-state index in [4.69, 9.17) is 14.2 Å². The number of Topliss-reactive ketones (excluding diaryl/α,β-unsaturated/α-hetero) is 1. The van der Waals surface area contributed by atoms with Crippen LogP contribution in [0.1, 0.15) is 66.2 Å². The highest BCUT2D eigenvalue weighted by Crippen LogP contribution is 2.31.